The normalized spacial score (nSPS) is 13.9. The van der Waals surface area contributed by atoms with Gasteiger partial charge in [-0.05, 0) is 30.7 Å². The van der Waals surface area contributed by atoms with E-state index < -0.39 is 6.10 Å². The summed E-state index contributed by atoms with van der Waals surface area (Å²) in [6, 6.07) is 3.86. The molecule has 0 radical (unpaired) electrons. The molecule has 1 aromatic carbocycles. The second kappa shape index (κ2) is 7.20. The van der Waals surface area contributed by atoms with Crippen molar-refractivity contribution in [3.8, 4) is 11.5 Å². The van der Waals surface area contributed by atoms with E-state index in [1.54, 1.807) is 6.92 Å². The molecule has 0 aliphatic heterocycles. The summed E-state index contributed by atoms with van der Waals surface area (Å²) in [7, 11) is 0. The zero-order chi connectivity index (χ0) is 15.1. The first-order chi connectivity index (χ1) is 9.47. The van der Waals surface area contributed by atoms with Gasteiger partial charge < -0.3 is 25.2 Å². The smallest absolute Gasteiger partial charge is 0.298 e. The Labute approximate surface area is 115 Å². The molecular formula is C14H16O6. The number of hydrogen-bond acceptors (Lipinski definition) is 6. The third-order valence-corrected chi connectivity index (χ3v) is 2.58. The van der Waals surface area contributed by atoms with E-state index in [2.05, 4.69) is 4.74 Å². The molecule has 0 bridgehead atoms. The number of phenolic OH excluding ortho intramolecular Hbond substituents is 2. The fourth-order valence-electron chi connectivity index (χ4n) is 1.51. The molecule has 6 heteroatoms. The Hall–Kier alpha value is -2.47. The van der Waals surface area contributed by atoms with Crippen molar-refractivity contribution in [1.82, 2.24) is 0 Å². The number of allylic oxidation sites excluding steroid dienone is 2. The summed E-state index contributed by atoms with van der Waals surface area (Å²) in [6.07, 6.45) is 1.45. The van der Waals surface area contributed by atoms with Gasteiger partial charge in [0.05, 0.1) is 6.10 Å². The van der Waals surface area contributed by atoms with Gasteiger partial charge in [-0.15, -0.1) is 0 Å². The molecule has 1 atom stereocenters. The molecule has 0 saturated heterocycles. The van der Waals surface area contributed by atoms with Crippen LogP contribution in [0, 0.1) is 0 Å². The van der Waals surface area contributed by atoms with Gasteiger partial charge in [0.2, 0.25) is 0 Å². The van der Waals surface area contributed by atoms with Crippen molar-refractivity contribution >= 4 is 6.47 Å². The second-order valence-corrected chi connectivity index (χ2v) is 4.01. The first-order valence-corrected chi connectivity index (χ1v) is 5.84. The second-order valence-electron chi connectivity index (χ2n) is 4.01. The molecule has 0 spiro atoms. The molecule has 0 aromatic heterocycles. The number of rotatable bonds is 6. The lowest BCUT2D eigenvalue weighted by Crippen LogP contribution is -2.02. The van der Waals surface area contributed by atoms with Crippen molar-refractivity contribution < 1.29 is 30.0 Å². The summed E-state index contributed by atoms with van der Waals surface area (Å²) in [5.41, 5.74) is 0.334. The summed E-state index contributed by atoms with van der Waals surface area (Å²) >= 11 is 0. The Kier molecular flexibility index (Phi) is 5.61. The third kappa shape index (κ3) is 4.33. The highest BCUT2D eigenvalue weighted by atomic mass is 16.5. The fraction of sp³-hybridized carbons (Fsp3) is 0.214. The number of ether oxygens (including phenoxy) is 1. The highest BCUT2D eigenvalue weighted by Crippen LogP contribution is 2.30. The molecule has 0 aliphatic carbocycles. The summed E-state index contributed by atoms with van der Waals surface area (Å²) in [5, 5.41) is 37.9. The average molecular weight is 280 g/mol. The van der Waals surface area contributed by atoms with E-state index in [4.69, 9.17) is 0 Å². The third-order valence-electron chi connectivity index (χ3n) is 2.58. The molecule has 4 N–H and O–H groups in total. The lowest BCUT2D eigenvalue weighted by atomic mass is 10.0. The van der Waals surface area contributed by atoms with Gasteiger partial charge in [0, 0.05) is 12.5 Å². The number of aliphatic hydroxyl groups is 2. The largest absolute Gasteiger partial charge is 0.508 e. The standard InChI is InChI=1S/C14H16O6/c1-2-10(16)6-11(20-8-15)7-13(18)9-3-4-12(17)14(19)5-9/h2-6,8,13,16-19H,7H2,1H3/b10-2+,11-6-. The highest BCUT2D eigenvalue weighted by Gasteiger charge is 2.14. The van der Waals surface area contributed by atoms with Crippen molar-refractivity contribution in [2.45, 2.75) is 19.4 Å². The molecular weight excluding hydrogens is 264 g/mol. The molecule has 1 rings (SSSR count). The van der Waals surface area contributed by atoms with E-state index in [-0.39, 0.29) is 35.9 Å². The SMILES string of the molecule is C/C=C(O)\C=C(\CC(O)c1ccc(O)c(O)c1)OC=O. The first-order valence-electron chi connectivity index (χ1n) is 5.84. The van der Waals surface area contributed by atoms with Crippen LogP contribution in [0.4, 0.5) is 0 Å². The summed E-state index contributed by atoms with van der Waals surface area (Å²) < 4.78 is 4.67. The lowest BCUT2D eigenvalue weighted by Gasteiger charge is -2.13. The minimum absolute atomic E-state index is 0.0654. The van der Waals surface area contributed by atoms with Crippen molar-refractivity contribution in [1.29, 1.82) is 0 Å². The number of benzene rings is 1. The van der Waals surface area contributed by atoms with Gasteiger partial charge in [0.1, 0.15) is 11.5 Å². The molecule has 0 saturated carbocycles. The minimum Gasteiger partial charge on any atom is -0.508 e. The zero-order valence-corrected chi connectivity index (χ0v) is 10.9. The van der Waals surface area contributed by atoms with E-state index in [1.165, 1.54) is 30.4 Å². The number of carbonyl (C=O) groups is 1. The van der Waals surface area contributed by atoms with E-state index in [1.807, 2.05) is 0 Å². The predicted molar refractivity (Wildman–Crippen MR) is 71.0 cm³/mol. The Morgan fingerprint density at radius 1 is 1.35 bits per heavy atom. The van der Waals surface area contributed by atoms with Gasteiger partial charge in [-0.25, -0.2) is 0 Å². The summed E-state index contributed by atoms with van der Waals surface area (Å²) in [4.78, 5) is 10.4. The predicted octanol–water partition coefficient (Wildman–Crippen LogP) is 2.04. The maximum absolute atomic E-state index is 10.4. The molecule has 6 nitrogen and oxygen atoms in total. The maximum atomic E-state index is 10.4. The van der Waals surface area contributed by atoms with Gasteiger partial charge in [-0.3, -0.25) is 4.79 Å². The maximum Gasteiger partial charge on any atom is 0.298 e. The van der Waals surface area contributed by atoms with Gasteiger partial charge in [0.25, 0.3) is 6.47 Å². The molecule has 1 unspecified atom stereocenters. The van der Waals surface area contributed by atoms with E-state index in [0.717, 1.165) is 0 Å². The summed E-state index contributed by atoms with van der Waals surface area (Å²) in [6.45, 7) is 1.79. The van der Waals surface area contributed by atoms with Crippen LogP contribution in [0.25, 0.3) is 0 Å². The monoisotopic (exact) mass is 280 g/mol. The Balaban J connectivity index is 2.90. The lowest BCUT2D eigenvalue weighted by molar-refractivity contribution is -0.125. The van der Waals surface area contributed by atoms with E-state index in [0.29, 0.717) is 5.56 Å². The van der Waals surface area contributed by atoms with Crippen LogP contribution in [0.2, 0.25) is 0 Å². The van der Waals surface area contributed by atoms with Crippen LogP contribution >= 0.6 is 0 Å². The van der Waals surface area contributed by atoms with Crippen molar-refractivity contribution in [2.75, 3.05) is 0 Å². The molecule has 108 valence electrons. The number of carbonyl (C=O) groups excluding carboxylic acids is 1. The first kappa shape index (κ1) is 15.6. The van der Waals surface area contributed by atoms with Crippen LogP contribution in [0.3, 0.4) is 0 Å². The van der Waals surface area contributed by atoms with Gasteiger partial charge in [-0.2, -0.15) is 0 Å². The fourth-order valence-corrected chi connectivity index (χ4v) is 1.51. The Morgan fingerprint density at radius 3 is 2.60 bits per heavy atom. The Morgan fingerprint density at radius 2 is 2.05 bits per heavy atom. The molecule has 0 amide bonds. The van der Waals surface area contributed by atoms with Gasteiger partial charge in [-0.1, -0.05) is 6.07 Å². The number of phenols is 2. The molecule has 0 fully saturated rings. The number of hydrogen-bond donors (Lipinski definition) is 4. The zero-order valence-electron chi connectivity index (χ0n) is 10.9. The molecule has 0 heterocycles. The average Bonchev–Trinajstić information content (AvgIpc) is 2.41. The van der Waals surface area contributed by atoms with Crippen molar-refractivity contribution in [3.05, 3.63) is 47.4 Å². The van der Waals surface area contributed by atoms with Crippen LogP contribution in [-0.4, -0.2) is 26.9 Å². The quantitative estimate of drug-likeness (QED) is 0.275. The topological polar surface area (TPSA) is 107 Å². The van der Waals surface area contributed by atoms with Crippen molar-refractivity contribution in [3.63, 3.8) is 0 Å². The molecule has 1 aromatic rings. The van der Waals surface area contributed by atoms with E-state index >= 15 is 0 Å². The van der Waals surface area contributed by atoms with Crippen LogP contribution < -0.4 is 0 Å². The van der Waals surface area contributed by atoms with Crippen molar-refractivity contribution in [2.24, 2.45) is 0 Å². The molecule has 20 heavy (non-hydrogen) atoms. The highest BCUT2D eigenvalue weighted by molar-refractivity contribution is 5.42. The molecule has 0 aliphatic rings. The van der Waals surface area contributed by atoms with Crippen LogP contribution in [0.15, 0.2) is 41.9 Å². The van der Waals surface area contributed by atoms with Gasteiger partial charge >= 0.3 is 0 Å². The summed E-state index contributed by atoms with van der Waals surface area (Å²) in [5.74, 6) is -0.703. The van der Waals surface area contributed by atoms with Crippen LogP contribution in [0.5, 0.6) is 11.5 Å². The minimum atomic E-state index is -1.07. The van der Waals surface area contributed by atoms with Crippen LogP contribution in [0.1, 0.15) is 25.0 Å². The van der Waals surface area contributed by atoms with Crippen LogP contribution in [-0.2, 0) is 9.53 Å². The number of aliphatic hydroxyl groups excluding tert-OH is 2. The van der Waals surface area contributed by atoms with E-state index in [9.17, 15) is 25.2 Å². The number of aromatic hydroxyl groups is 2. The Bertz CT molecular complexity index is 532. The van der Waals surface area contributed by atoms with Gasteiger partial charge in [0.15, 0.2) is 11.5 Å².